The van der Waals surface area contributed by atoms with Crippen LogP contribution in [0.4, 0.5) is 10.2 Å². The van der Waals surface area contributed by atoms with Gasteiger partial charge in [0.2, 0.25) is 0 Å². The lowest BCUT2D eigenvalue weighted by Crippen LogP contribution is -2.52. The molecule has 1 aliphatic carbocycles. The minimum Gasteiger partial charge on any atom is -0.374 e. The highest BCUT2D eigenvalue weighted by Crippen LogP contribution is 2.39. The summed E-state index contributed by atoms with van der Waals surface area (Å²) in [5.74, 6) is 0.156. The van der Waals surface area contributed by atoms with Crippen molar-refractivity contribution in [2.45, 2.75) is 50.8 Å². The highest BCUT2D eigenvalue weighted by molar-refractivity contribution is 5.94. The molecule has 4 aromatic rings. The number of fused-ring (bicyclic) bond motifs is 1. The number of nitrogens with zero attached hydrogens (tertiary/aromatic N) is 4. The van der Waals surface area contributed by atoms with Crippen LogP contribution in [0.15, 0.2) is 54.7 Å². The van der Waals surface area contributed by atoms with Gasteiger partial charge in [0.15, 0.2) is 0 Å². The molecule has 1 amide bonds. The van der Waals surface area contributed by atoms with E-state index in [9.17, 15) is 9.18 Å². The molecule has 9 heteroatoms. The van der Waals surface area contributed by atoms with Crippen LogP contribution in [0, 0.1) is 12.7 Å². The van der Waals surface area contributed by atoms with Crippen LogP contribution in [0.2, 0.25) is 0 Å². The Balaban J connectivity index is 1.09. The third-order valence-electron chi connectivity index (χ3n) is 8.47. The average Bonchev–Trinajstić information content (AvgIpc) is 3.49. The van der Waals surface area contributed by atoms with Crippen LogP contribution in [0.3, 0.4) is 0 Å². The lowest BCUT2D eigenvalue weighted by Gasteiger charge is -2.35. The minimum absolute atomic E-state index is 0.0560. The predicted octanol–water partition coefficient (Wildman–Crippen LogP) is 4.86. The number of aryl methyl sites for hydroxylation is 1. The van der Waals surface area contributed by atoms with E-state index >= 15 is 0 Å². The number of benzene rings is 1. The van der Waals surface area contributed by atoms with Gasteiger partial charge in [0.25, 0.3) is 5.91 Å². The van der Waals surface area contributed by atoms with Crippen molar-refractivity contribution in [3.05, 3.63) is 82.9 Å². The van der Waals surface area contributed by atoms with Crippen LogP contribution in [0.1, 0.15) is 59.0 Å². The number of nitrogens with one attached hydrogen (secondary N) is 2. The van der Waals surface area contributed by atoms with Gasteiger partial charge in [-0.05, 0) is 74.1 Å². The Labute approximate surface area is 238 Å². The number of ether oxygens (including phenoxy) is 1. The summed E-state index contributed by atoms with van der Waals surface area (Å²) in [6.07, 6.45) is 6.12. The van der Waals surface area contributed by atoms with Crippen LogP contribution < -0.4 is 15.5 Å². The Morgan fingerprint density at radius 2 is 2.05 bits per heavy atom. The van der Waals surface area contributed by atoms with E-state index < -0.39 is 0 Å². The van der Waals surface area contributed by atoms with Gasteiger partial charge in [0, 0.05) is 61.1 Å². The SMILES string of the molecule is Cc1ccc(C(=O)NCc2cc3nc(-c4cc(F)cc(N5CCNC6(CC6)C5)n4)ccc3cn2)cc1[C@@H]1CCCO1. The Bertz CT molecular complexity index is 1630. The molecule has 210 valence electrons. The maximum atomic E-state index is 14.7. The van der Waals surface area contributed by atoms with Gasteiger partial charge >= 0.3 is 0 Å². The first-order valence-electron chi connectivity index (χ1n) is 14.4. The highest BCUT2D eigenvalue weighted by Gasteiger charge is 2.45. The smallest absolute Gasteiger partial charge is 0.251 e. The van der Waals surface area contributed by atoms with Crippen molar-refractivity contribution in [1.29, 1.82) is 0 Å². The second-order valence-electron chi connectivity index (χ2n) is 11.5. The fraction of sp³-hybridized carbons (Fsp3) is 0.375. The molecule has 0 radical (unpaired) electrons. The molecule has 1 atom stereocenters. The molecule has 2 saturated heterocycles. The molecule has 1 saturated carbocycles. The van der Waals surface area contributed by atoms with Gasteiger partial charge in [-0.2, -0.15) is 0 Å². The summed E-state index contributed by atoms with van der Waals surface area (Å²) >= 11 is 0. The molecule has 2 aliphatic heterocycles. The lowest BCUT2D eigenvalue weighted by atomic mass is 9.98. The van der Waals surface area contributed by atoms with Gasteiger partial charge in [-0.3, -0.25) is 9.78 Å². The Morgan fingerprint density at radius 1 is 1.15 bits per heavy atom. The predicted molar refractivity (Wildman–Crippen MR) is 155 cm³/mol. The van der Waals surface area contributed by atoms with Crippen molar-refractivity contribution < 1.29 is 13.9 Å². The van der Waals surface area contributed by atoms with Crippen molar-refractivity contribution in [2.24, 2.45) is 0 Å². The van der Waals surface area contributed by atoms with Crippen molar-refractivity contribution in [3.8, 4) is 11.4 Å². The number of aromatic nitrogens is 3. The summed E-state index contributed by atoms with van der Waals surface area (Å²) in [5, 5.41) is 7.43. The fourth-order valence-electron chi connectivity index (χ4n) is 5.94. The van der Waals surface area contributed by atoms with Gasteiger partial charge in [0.05, 0.1) is 35.2 Å². The molecule has 3 fully saturated rings. The summed E-state index contributed by atoms with van der Waals surface area (Å²) in [6, 6.07) is 14.3. The first kappa shape index (κ1) is 26.0. The first-order valence-corrected chi connectivity index (χ1v) is 14.4. The number of anilines is 1. The second kappa shape index (κ2) is 10.5. The highest BCUT2D eigenvalue weighted by atomic mass is 19.1. The second-order valence-corrected chi connectivity index (χ2v) is 11.5. The summed E-state index contributed by atoms with van der Waals surface area (Å²) < 4.78 is 20.6. The van der Waals surface area contributed by atoms with Gasteiger partial charge in [-0.25, -0.2) is 14.4 Å². The number of rotatable bonds is 6. The van der Waals surface area contributed by atoms with Crippen molar-refractivity contribution in [2.75, 3.05) is 31.1 Å². The Morgan fingerprint density at radius 3 is 2.88 bits per heavy atom. The van der Waals surface area contributed by atoms with E-state index in [2.05, 4.69) is 20.5 Å². The Kier molecular flexibility index (Phi) is 6.63. The molecule has 0 unspecified atom stereocenters. The summed E-state index contributed by atoms with van der Waals surface area (Å²) in [5.41, 5.74) is 5.47. The molecule has 2 N–H and O–H groups in total. The molecule has 3 aliphatic rings. The molecule has 8 nitrogen and oxygen atoms in total. The molecule has 3 aromatic heterocycles. The van der Waals surface area contributed by atoms with E-state index in [1.807, 2.05) is 43.3 Å². The summed E-state index contributed by atoms with van der Waals surface area (Å²) in [6.45, 7) is 5.57. The van der Waals surface area contributed by atoms with E-state index in [1.54, 1.807) is 6.20 Å². The zero-order valence-electron chi connectivity index (χ0n) is 23.1. The number of carbonyl (C=O) groups is 1. The average molecular weight is 553 g/mol. The van der Waals surface area contributed by atoms with E-state index in [0.29, 0.717) is 34.0 Å². The number of halogens is 1. The maximum Gasteiger partial charge on any atom is 0.251 e. The molecule has 41 heavy (non-hydrogen) atoms. The molecule has 1 spiro atoms. The number of hydrogen-bond donors (Lipinski definition) is 2. The molecule has 0 bridgehead atoms. The van der Waals surface area contributed by atoms with Crippen molar-refractivity contribution in [3.63, 3.8) is 0 Å². The third kappa shape index (κ3) is 5.39. The van der Waals surface area contributed by atoms with Crippen LogP contribution in [-0.2, 0) is 11.3 Å². The number of pyridine rings is 3. The molecular weight excluding hydrogens is 519 g/mol. The molecule has 5 heterocycles. The number of hydrogen-bond acceptors (Lipinski definition) is 7. The standard InChI is InChI=1S/C32H33FN6O2/c1-20-4-5-21(13-25(20)29-3-2-12-41-29)31(40)35-18-24-16-27-22(17-34-24)6-7-26(37-27)28-14-23(33)15-30(38-28)39-11-10-36-32(19-39)8-9-32/h4-7,13-17,29,36H,2-3,8-12,18-19H2,1H3,(H,35,40)/t29-/m0/s1. The topological polar surface area (TPSA) is 92.3 Å². The largest absolute Gasteiger partial charge is 0.374 e. The van der Waals surface area contributed by atoms with Gasteiger partial charge in [-0.15, -0.1) is 0 Å². The first-order chi connectivity index (χ1) is 19.9. The third-order valence-corrected chi connectivity index (χ3v) is 8.47. The van der Waals surface area contributed by atoms with E-state index in [-0.39, 0.29) is 29.9 Å². The minimum atomic E-state index is -0.327. The number of amides is 1. The number of piperazine rings is 1. The van der Waals surface area contributed by atoms with Crippen LogP contribution in [0.25, 0.3) is 22.3 Å². The fourth-order valence-corrected chi connectivity index (χ4v) is 5.94. The van der Waals surface area contributed by atoms with Gasteiger partial charge < -0.3 is 20.3 Å². The van der Waals surface area contributed by atoms with Crippen molar-refractivity contribution in [1.82, 2.24) is 25.6 Å². The van der Waals surface area contributed by atoms with E-state index in [4.69, 9.17) is 14.7 Å². The quantitative estimate of drug-likeness (QED) is 0.353. The van der Waals surface area contributed by atoms with E-state index in [0.717, 1.165) is 68.4 Å². The van der Waals surface area contributed by atoms with Crippen molar-refractivity contribution >= 4 is 22.6 Å². The maximum absolute atomic E-state index is 14.7. The van der Waals surface area contributed by atoms with E-state index in [1.165, 1.54) is 12.1 Å². The zero-order chi connectivity index (χ0) is 28.0. The Hall–Kier alpha value is -3.95. The monoisotopic (exact) mass is 552 g/mol. The van der Waals surface area contributed by atoms with Gasteiger partial charge in [0.1, 0.15) is 11.6 Å². The van der Waals surface area contributed by atoms with Crippen LogP contribution in [-0.4, -0.2) is 52.6 Å². The number of carbonyl (C=O) groups excluding carboxylic acids is 1. The zero-order valence-corrected chi connectivity index (χ0v) is 23.1. The normalized spacial score (nSPS) is 19.6. The summed E-state index contributed by atoms with van der Waals surface area (Å²) in [7, 11) is 0. The molecular formula is C32H33FN6O2. The summed E-state index contributed by atoms with van der Waals surface area (Å²) in [4.78, 5) is 29.3. The molecule has 7 rings (SSSR count). The molecule has 1 aromatic carbocycles. The van der Waals surface area contributed by atoms with Gasteiger partial charge in [-0.1, -0.05) is 6.07 Å². The van der Waals surface area contributed by atoms with Crippen LogP contribution in [0.5, 0.6) is 0 Å². The van der Waals surface area contributed by atoms with Crippen LogP contribution >= 0.6 is 0 Å². The lowest BCUT2D eigenvalue weighted by molar-refractivity contribution is 0.0948.